The zero-order chi connectivity index (χ0) is 17.5. The van der Waals surface area contributed by atoms with E-state index in [-0.39, 0.29) is 5.82 Å². The molecule has 1 aromatic carbocycles. The highest BCUT2D eigenvalue weighted by Gasteiger charge is 2.19. The van der Waals surface area contributed by atoms with Crippen LogP contribution in [0.4, 0.5) is 4.39 Å². The minimum absolute atomic E-state index is 0.191. The van der Waals surface area contributed by atoms with E-state index in [9.17, 15) is 4.39 Å². The van der Waals surface area contributed by atoms with Crippen molar-refractivity contribution in [3.8, 4) is 0 Å². The quantitative estimate of drug-likeness (QED) is 0.630. The Morgan fingerprint density at radius 1 is 1.21 bits per heavy atom. The molecule has 1 aliphatic rings. The van der Waals surface area contributed by atoms with Crippen LogP contribution >= 0.6 is 11.8 Å². The zero-order valence-electron chi connectivity index (χ0n) is 15.1. The van der Waals surface area contributed by atoms with Gasteiger partial charge in [0.25, 0.3) is 0 Å². The van der Waals surface area contributed by atoms with Crippen molar-refractivity contribution >= 4 is 16.9 Å². The number of halogens is 1. The fourth-order valence-corrected chi connectivity index (χ4v) is 3.58. The molecule has 0 fully saturated rings. The van der Waals surface area contributed by atoms with Crippen LogP contribution in [0.5, 0.6) is 0 Å². The van der Waals surface area contributed by atoms with Crippen molar-refractivity contribution in [1.29, 1.82) is 0 Å². The molecule has 0 radical (unpaired) electrons. The second-order valence-electron chi connectivity index (χ2n) is 6.35. The van der Waals surface area contributed by atoms with Gasteiger partial charge in [0.2, 0.25) is 0 Å². The van der Waals surface area contributed by atoms with Crippen LogP contribution in [-0.2, 0) is 5.75 Å². The van der Waals surface area contributed by atoms with Gasteiger partial charge in [0.05, 0.1) is 5.70 Å². The first-order valence-electron chi connectivity index (χ1n) is 8.67. The van der Waals surface area contributed by atoms with Gasteiger partial charge in [-0.1, -0.05) is 50.7 Å². The molecule has 4 heteroatoms. The van der Waals surface area contributed by atoms with Gasteiger partial charge in [-0.15, -0.1) is 0 Å². The van der Waals surface area contributed by atoms with Gasteiger partial charge < -0.3 is 4.90 Å². The number of aliphatic imine (C=N–C) groups is 1. The highest BCUT2D eigenvalue weighted by molar-refractivity contribution is 8.13. The maximum absolute atomic E-state index is 13.0. The Morgan fingerprint density at radius 2 is 1.92 bits per heavy atom. The van der Waals surface area contributed by atoms with E-state index >= 15 is 0 Å². The van der Waals surface area contributed by atoms with Crippen molar-refractivity contribution in [3.05, 3.63) is 59.2 Å². The predicted molar refractivity (Wildman–Crippen MR) is 103 cm³/mol. The monoisotopic (exact) mass is 346 g/mol. The van der Waals surface area contributed by atoms with Gasteiger partial charge in [-0.25, -0.2) is 9.38 Å². The van der Waals surface area contributed by atoms with Crippen LogP contribution in [0.15, 0.2) is 52.8 Å². The fraction of sp³-hybridized carbons (Fsp3) is 0.450. The van der Waals surface area contributed by atoms with E-state index in [2.05, 4.69) is 44.9 Å². The summed E-state index contributed by atoms with van der Waals surface area (Å²) in [6.07, 6.45) is 6.49. The molecule has 0 N–H and O–H groups in total. The average Bonchev–Trinajstić information content (AvgIpc) is 2.55. The molecule has 0 saturated carbocycles. The Morgan fingerprint density at radius 3 is 2.50 bits per heavy atom. The average molecular weight is 347 g/mol. The number of amidine groups is 1. The Balaban J connectivity index is 2.15. The van der Waals surface area contributed by atoms with Crippen molar-refractivity contribution in [1.82, 2.24) is 4.90 Å². The second-order valence-corrected chi connectivity index (χ2v) is 7.29. The van der Waals surface area contributed by atoms with Crippen molar-refractivity contribution in [2.45, 2.75) is 46.3 Å². The Bertz CT molecular complexity index is 630. The number of hydrogen-bond acceptors (Lipinski definition) is 3. The van der Waals surface area contributed by atoms with E-state index in [0.29, 0.717) is 5.92 Å². The van der Waals surface area contributed by atoms with Gasteiger partial charge >= 0.3 is 0 Å². The normalized spacial score (nSPS) is 16.6. The molecule has 0 aliphatic carbocycles. The molecule has 24 heavy (non-hydrogen) atoms. The summed E-state index contributed by atoms with van der Waals surface area (Å²) in [5.41, 5.74) is 3.54. The number of hydrogen-bond donors (Lipinski definition) is 0. The maximum atomic E-state index is 13.0. The van der Waals surface area contributed by atoms with Crippen LogP contribution in [0, 0.1) is 11.7 Å². The standard InChI is InChI=1S/C20H27FN2S/c1-5-7-19-17(12-15(3)4)13-23(6-2)20(22-19)24-14-16-8-10-18(21)11-9-16/h7-11,13,15H,5-6,12,14H2,1-4H3/b19-7+. The van der Waals surface area contributed by atoms with Gasteiger partial charge in [0, 0.05) is 18.5 Å². The number of rotatable bonds is 6. The Kier molecular flexibility index (Phi) is 7.10. The zero-order valence-corrected chi connectivity index (χ0v) is 15.9. The fourth-order valence-electron chi connectivity index (χ4n) is 2.59. The minimum Gasteiger partial charge on any atom is -0.328 e. The Hall–Kier alpha value is -1.55. The van der Waals surface area contributed by atoms with Crippen LogP contribution in [0.3, 0.4) is 0 Å². The van der Waals surface area contributed by atoms with Crippen molar-refractivity contribution < 1.29 is 4.39 Å². The summed E-state index contributed by atoms with van der Waals surface area (Å²) in [6.45, 7) is 9.67. The first-order chi connectivity index (χ1) is 11.5. The van der Waals surface area contributed by atoms with Gasteiger partial charge in [-0.05, 0) is 49.0 Å². The van der Waals surface area contributed by atoms with Crippen LogP contribution in [-0.4, -0.2) is 16.6 Å². The lowest BCUT2D eigenvalue weighted by Gasteiger charge is -2.27. The van der Waals surface area contributed by atoms with Gasteiger partial charge in [-0.2, -0.15) is 0 Å². The molecule has 1 heterocycles. The van der Waals surface area contributed by atoms with E-state index in [1.165, 1.54) is 17.7 Å². The molecule has 2 rings (SSSR count). The number of allylic oxidation sites excluding steroid dienone is 2. The largest absolute Gasteiger partial charge is 0.328 e. The summed E-state index contributed by atoms with van der Waals surface area (Å²) in [4.78, 5) is 7.14. The topological polar surface area (TPSA) is 15.6 Å². The molecular weight excluding hydrogens is 319 g/mol. The lowest BCUT2D eigenvalue weighted by molar-refractivity contribution is 0.566. The van der Waals surface area contributed by atoms with E-state index in [1.54, 1.807) is 11.8 Å². The lowest BCUT2D eigenvalue weighted by atomic mass is 10.00. The SMILES string of the molecule is CC/C=C1/N=C(SCc2ccc(F)cc2)N(CC)C=C1CC(C)C. The van der Waals surface area contributed by atoms with Crippen LogP contribution in [0.25, 0.3) is 0 Å². The van der Waals surface area contributed by atoms with E-state index in [4.69, 9.17) is 4.99 Å². The molecule has 0 atom stereocenters. The second kappa shape index (κ2) is 9.07. The summed E-state index contributed by atoms with van der Waals surface area (Å²) in [7, 11) is 0. The molecule has 0 spiro atoms. The number of thioether (sulfide) groups is 1. The molecule has 1 aromatic rings. The van der Waals surface area contributed by atoms with Gasteiger partial charge in [0.15, 0.2) is 5.17 Å². The molecule has 0 unspecified atom stereocenters. The molecule has 0 bridgehead atoms. The van der Waals surface area contributed by atoms with Gasteiger partial charge in [0.1, 0.15) is 5.82 Å². The van der Waals surface area contributed by atoms with Crippen LogP contribution < -0.4 is 0 Å². The van der Waals surface area contributed by atoms with Crippen molar-refractivity contribution in [3.63, 3.8) is 0 Å². The summed E-state index contributed by atoms with van der Waals surface area (Å²) in [5, 5.41) is 1.02. The Labute approximate surface area is 149 Å². The minimum atomic E-state index is -0.191. The van der Waals surface area contributed by atoms with E-state index in [0.717, 1.165) is 41.6 Å². The molecule has 130 valence electrons. The molecule has 2 nitrogen and oxygen atoms in total. The van der Waals surface area contributed by atoms with Crippen molar-refractivity contribution in [2.75, 3.05) is 6.54 Å². The molecular formula is C20H27FN2S. The van der Waals surface area contributed by atoms with Crippen LogP contribution in [0.2, 0.25) is 0 Å². The van der Waals surface area contributed by atoms with Crippen molar-refractivity contribution in [2.24, 2.45) is 10.9 Å². The molecule has 0 aromatic heterocycles. The number of nitrogens with zero attached hydrogens (tertiary/aromatic N) is 2. The van der Waals surface area contributed by atoms with Crippen LogP contribution in [0.1, 0.15) is 46.1 Å². The maximum Gasteiger partial charge on any atom is 0.168 e. The molecule has 1 aliphatic heterocycles. The molecule has 0 saturated heterocycles. The third-order valence-corrected chi connectivity index (χ3v) is 4.81. The smallest absolute Gasteiger partial charge is 0.168 e. The predicted octanol–water partition coefficient (Wildman–Crippen LogP) is 5.97. The molecule has 0 amide bonds. The third-order valence-electron chi connectivity index (χ3n) is 3.75. The first-order valence-corrected chi connectivity index (χ1v) is 9.65. The summed E-state index contributed by atoms with van der Waals surface area (Å²) in [6, 6.07) is 6.70. The summed E-state index contributed by atoms with van der Waals surface area (Å²) in [5.74, 6) is 1.21. The van der Waals surface area contributed by atoms with E-state index in [1.807, 2.05) is 12.1 Å². The van der Waals surface area contributed by atoms with E-state index < -0.39 is 0 Å². The van der Waals surface area contributed by atoms with Gasteiger partial charge in [-0.3, -0.25) is 0 Å². The summed E-state index contributed by atoms with van der Waals surface area (Å²) < 4.78 is 13.0. The highest BCUT2D eigenvalue weighted by atomic mass is 32.2. The highest BCUT2D eigenvalue weighted by Crippen LogP contribution is 2.29. The summed E-state index contributed by atoms with van der Waals surface area (Å²) >= 11 is 1.71. The lowest BCUT2D eigenvalue weighted by Crippen LogP contribution is -2.27. The first kappa shape index (κ1) is 18.8. The third kappa shape index (κ3) is 5.23. The number of benzene rings is 1.